The normalized spacial score (nSPS) is 15.6. The molecule has 1 fully saturated rings. The Morgan fingerprint density at radius 1 is 1.19 bits per heavy atom. The fourth-order valence-electron chi connectivity index (χ4n) is 3.78. The van der Waals surface area contributed by atoms with Crippen LogP contribution in [0.2, 0.25) is 5.02 Å². The minimum atomic E-state index is -4.90. The Balaban J connectivity index is 1.40. The smallest absolute Gasteiger partial charge is 0.404 e. The van der Waals surface area contributed by atoms with Crippen LogP contribution in [0.25, 0.3) is 0 Å². The van der Waals surface area contributed by atoms with E-state index in [9.17, 15) is 26.4 Å². The first-order chi connectivity index (χ1) is 16.9. The Kier molecular flexibility index (Phi) is 7.60. The summed E-state index contributed by atoms with van der Waals surface area (Å²) in [5, 5.41) is 4.97. The highest BCUT2D eigenvalue weighted by atomic mass is 35.5. The van der Waals surface area contributed by atoms with Gasteiger partial charge >= 0.3 is 6.36 Å². The van der Waals surface area contributed by atoms with Crippen molar-refractivity contribution in [3.63, 3.8) is 0 Å². The van der Waals surface area contributed by atoms with Crippen LogP contribution in [0.5, 0.6) is 5.75 Å². The topological polar surface area (TPSA) is 88.6 Å². The number of hydrogen-bond acceptors (Lipinski definition) is 6. The fraction of sp³-hybridized carbons (Fsp3) is 0.304. The summed E-state index contributed by atoms with van der Waals surface area (Å²) < 4.78 is 69.2. The number of halogens is 4. The zero-order chi connectivity index (χ0) is 26.1. The second-order valence-electron chi connectivity index (χ2n) is 8.16. The van der Waals surface area contributed by atoms with Gasteiger partial charge in [-0.05, 0) is 49.6 Å². The van der Waals surface area contributed by atoms with E-state index in [1.165, 1.54) is 51.4 Å². The summed E-state index contributed by atoms with van der Waals surface area (Å²) in [5.41, 5.74) is 0.708. The van der Waals surface area contributed by atoms with E-state index in [1.54, 1.807) is 13.0 Å². The summed E-state index contributed by atoms with van der Waals surface area (Å²) >= 11 is 7.35. The van der Waals surface area contributed by atoms with E-state index in [2.05, 4.69) is 15.0 Å². The Labute approximate surface area is 214 Å². The third-order valence-corrected chi connectivity index (χ3v) is 9.01. The lowest BCUT2D eigenvalue weighted by Crippen LogP contribution is -2.37. The molecule has 0 spiro atoms. The van der Waals surface area contributed by atoms with E-state index in [0.717, 1.165) is 11.6 Å². The maximum Gasteiger partial charge on any atom is 0.573 e. The predicted octanol–water partition coefficient (Wildman–Crippen LogP) is 5.82. The van der Waals surface area contributed by atoms with Crippen LogP contribution in [-0.4, -0.2) is 43.1 Å². The van der Waals surface area contributed by atoms with Crippen LogP contribution in [0.1, 0.15) is 39.8 Å². The summed E-state index contributed by atoms with van der Waals surface area (Å²) in [4.78, 5) is 17.1. The van der Waals surface area contributed by atoms with Gasteiger partial charge in [-0.25, -0.2) is 13.4 Å². The number of sulfonamides is 1. The third-order valence-electron chi connectivity index (χ3n) is 5.70. The van der Waals surface area contributed by atoms with Crippen molar-refractivity contribution in [3.8, 4) is 5.75 Å². The third kappa shape index (κ3) is 6.00. The lowest BCUT2D eigenvalue weighted by molar-refractivity contribution is -0.274. The molecule has 1 N–H and O–H groups in total. The van der Waals surface area contributed by atoms with Gasteiger partial charge < -0.3 is 10.1 Å². The van der Waals surface area contributed by atoms with E-state index < -0.39 is 28.0 Å². The lowest BCUT2D eigenvalue weighted by Gasteiger charge is -2.30. The van der Waals surface area contributed by atoms with Crippen LogP contribution in [0.4, 0.5) is 18.9 Å². The van der Waals surface area contributed by atoms with Crippen LogP contribution in [-0.2, 0) is 10.0 Å². The first-order valence-electron chi connectivity index (χ1n) is 10.8. The molecule has 2 heterocycles. The maximum atomic E-state index is 13.0. The second kappa shape index (κ2) is 10.4. The first kappa shape index (κ1) is 26.4. The molecule has 0 saturated carbocycles. The zero-order valence-electron chi connectivity index (χ0n) is 18.9. The van der Waals surface area contributed by atoms with Crippen molar-refractivity contribution >= 4 is 44.6 Å². The van der Waals surface area contributed by atoms with Crippen LogP contribution in [0.3, 0.4) is 0 Å². The molecule has 36 heavy (non-hydrogen) atoms. The number of amides is 1. The molecule has 1 saturated heterocycles. The molecule has 1 aliphatic rings. The van der Waals surface area contributed by atoms with Crippen LogP contribution < -0.4 is 10.1 Å². The average molecular weight is 560 g/mol. The molecule has 0 atom stereocenters. The summed E-state index contributed by atoms with van der Waals surface area (Å²) in [6.45, 7) is 2.35. The molecule has 3 aromatic rings. The molecule has 1 amide bonds. The van der Waals surface area contributed by atoms with Gasteiger partial charge in [0.05, 0.1) is 15.6 Å². The number of nitrogens with one attached hydrogen (secondary N) is 1. The van der Waals surface area contributed by atoms with Gasteiger partial charge in [0.2, 0.25) is 10.0 Å². The van der Waals surface area contributed by atoms with Gasteiger partial charge in [-0.1, -0.05) is 29.8 Å². The van der Waals surface area contributed by atoms with Gasteiger partial charge in [0, 0.05) is 29.4 Å². The molecule has 13 heteroatoms. The minimum Gasteiger partial charge on any atom is -0.404 e. The lowest BCUT2D eigenvalue weighted by atomic mass is 9.99. The van der Waals surface area contributed by atoms with Crippen LogP contribution >= 0.6 is 22.9 Å². The Bertz CT molecular complexity index is 1370. The molecule has 2 aromatic carbocycles. The number of aryl methyl sites for hydroxylation is 1. The maximum absolute atomic E-state index is 13.0. The molecule has 192 valence electrons. The van der Waals surface area contributed by atoms with E-state index >= 15 is 0 Å². The number of nitrogens with zero attached hydrogens (tertiary/aromatic N) is 2. The SMILES string of the molecule is Cc1ccc(S(=O)(=O)N2CCC(c3nc(C(=O)Nc4ccccc4OC(F)(F)F)cs3)CC2)cc1Cl. The van der Waals surface area contributed by atoms with Crippen molar-refractivity contribution in [1.29, 1.82) is 0 Å². The van der Waals surface area contributed by atoms with E-state index in [1.807, 2.05) is 0 Å². The van der Waals surface area contributed by atoms with Gasteiger partial charge in [-0.3, -0.25) is 4.79 Å². The zero-order valence-corrected chi connectivity index (χ0v) is 21.3. The highest BCUT2D eigenvalue weighted by Crippen LogP contribution is 2.34. The summed E-state index contributed by atoms with van der Waals surface area (Å²) in [6.07, 6.45) is -3.88. The second-order valence-corrected chi connectivity index (χ2v) is 11.4. The van der Waals surface area contributed by atoms with E-state index in [4.69, 9.17) is 11.6 Å². The Hall–Kier alpha value is -2.67. The molecule has 0 bridgehead atoms. The van der Waals surface area contributed by atoms with Crippen LogP contribution in [0, 0.1) is 6.92 Å². The number of rotatable bonds is 6. The molecular formula is C23H21ClF3N3O4S2. The van der Waals surface area contributed by atoms with Crippen molar-refractivity contribution < 1.29 is 31.1 Å². The number of hydrogen-bond donors (Lipinski definition) is 1. The summed E-state index contributed by atoms with van der Waals surface area (Å²) in [5.74, 6) is -1.25. The number of piperidine rings is 1. The van der Waals surface area contributed by atoms with Gasteiger partial charge in [0.25, 0.3) is 5.91 Å². The molecule has 0 aliphatic carbocycles. The number of carbonyl (C=O) groups excluding carboxylic acids is 1. The number of thiazole rings is 1. The van der Waals surface area contributed by atoms with Gasteiger partial charge in [0.1, 0.15) is 5.69 Å². The molecule has 0 unspecified atom stereocenters. The highest BCUT2D eigenvalue weighted by molar-refractivity contribution is 7.89. The minimum absolute atomic E-state index is 0.0505. The first-order valence-corrected chi connectivity index (χ1v) is 13.5. The number of anilines is 1. The quantitative estimate of drug-likeness (QED) is 0.411. The molecular weight excluding hydrogens is 539 g/mol. The molecule has 7 nitrogen and oxygen atoms in total. The van der Waals surface area contributed by atoms with E-state index in [0.29, 0.717) is 22.9 Å². The number of para-hydroxylation sites is 2. The number of carbonyl (C=O) groups is 1. The van der Waals surface area contributed by atoms with Gasteiger partial charge in [0.15, 0.2) is 5.75 Å². The summed E-state index contributed by atoms with van der Waals surface area (Å²) in [7, 11) is -3.69. The predicted molar refractivity (Wildman–Crippen MR) is 130 cm³/mol. The molecule has 4 rings (SSSR count). The molecule has 1 aromatic heterocycles. The van der Waals surface area contributed by atoms with Crippen molar-refractivity contribution in [1.82, 2.24) is 9.29 Å². The molecule has 1 aliphatic heterocycles. The Morgan fingerprint density at radius 3 is 2.56 bits per heavy atom. The van der Waals surface area contributed by atoms with Gasteiger partial charge in [-0.15, -0.1) is 24.5 Å². The summed E-state index contributed by atoms with van der Waals surface area (Å²) in [6, 6.07) is 9.87. The average Bonchev–Trinajstić information content (AvgIpc) is 3.32. The number of aromatic nitrogens is 1. The van der Waals surface area contributed by atoms with Crippen molar-refractivity contribution in [2.45, 2.75) is 36.9 Å². The van der Waals surface area contributed by atoms with Crippen molar-refractivity contribution in [2.75, 3.05) is 18.4 Å². The van der Waals surface area contributed by atoms with E-state index in [-0.39, 0.29) is 35.3 Å². The van der Waals surface area contributed by atoms with Crippen LogP contribution in [0.15, 0.2) is 52.7 Å². The highest BCUT2D eigenvalue weighted by Gasteiger charge is 2.33. The van der Waals surface area contributed by atoms with Crippen molar-refractivity contribution in [2.24, 2.45) is 0 Å². The monoisotopic (exact) mass is 559 g/mol. The number of alkyl halides is 3. The molecule has 0 radical (unpaired) electrons. The van der Waals surface area contributed by atoms with Gasteiger partial charge in [-0.2, -0.15) is 4.31 Å². The fourth-order valence-corrected chi connectivity index (χ4v) is 6.49. The standard InChI is InChI=1S/C23H21ClF3N3O4S2/c1-14-6-7-16(12-17(14)24)36(32,33)30-10-8-15(9-11-30)22-29-19(13-35-22)21(31)28-18-4-2-3-5-20(18)34-23(25,26)27/h2-7,12-13,15H,8-11H2,1H3,(H,28,31). The Morgan fingerprint density at radius 2 is 1.89 bits per heavy atom. The number of ether oxygens (including phenoxy) is 1. The number of benzene rings is 2. The van der Waals surface area contributed by atoms with Crippen molar-refractivity contribution in [3.05, 3.63) is 69.1 Å². The largest absolute Gasteiger partial charge is 0.573 e.